The number of nitrogens with one attached hydrogen (secondary N) is 2. The number of hydrogen-bond acceptors (Lipinski definition) is 4. The van der Waals surface area contributed by atoms with Crippen LogP contribution in [0.5, 0.6) is 5.75 Å². The van der Waals surface area contributed by atoms with Crippen molar-refractivity contribution < 1.29 is 9.53 Å². The summed E-state index contributed by atoms with van der Waals surface area (Å²) in [5.41, 5.74) is 3.75. The highest BCUT2D eigenvalue weighted by molar-refractivity contribution is 5.94. The molecule has 4 aromatic rings. The molecule has 0 spiro atoms. The van der Waals surface area contributed by atoms with Gasteiger partial charge in [-0.15, -0.1) is 0 Å². The number of rotatable bonds is 9. The minimum absolute atomic E-state index is 0.125. The summed E-state index contributed by atoms with van der Waals surface area (Å²) < 4.78 is 5.81. The normalized spacial score (nSPS) is 10.4. The van der Waals surface area contributed by atoms with Crippen LogP contribution in [0.1, 0.15) is 21.5 Å². The maximum absolute atomic E-state index is 12.3. The zero-order chi connectivity index (χ0) is 22.0. The number of amides is 1. The molecule has 0 saturated heterocycles. The van der Waals surface area contributed by atoms with E-state index in [4.69, 9.17) is 4.74 Å². The van der Waals surface area contributed by atoms with Gasteiger partial charge in [-0.3, -0.25) is 4.79 Å². The smallest absolute Gasteiger partial charge is 0.252 e. The number of ether oxygens (including phenoxy) is 1. The number of pyridine rings is 1. The first-order valence-electron chi connectivity index (χ1n) is 10.6. The lowest BCUT2D eigenvalue weighted by Crippen LogP contribution is -2.25. The SMILES string of the molecule is O=C(NCCc1ccccc1)c1ccc(Nc2ccc(OCc3ccccc3)cc2)nc1. The summed E-state index contributed by atoms with van der Waals surface area (Å²) in [6.07, 6.45) is 2.38. The van der Waals surface area contributed by atoms with Crippen LogP contribution in [0, 0.1) is 0 Å². The highest BCUT2D eigenvalue weighted by atomic mass is 16.5. The molecule has 1 heterocycles. The van der Waals surface area contributed by atoms with E-state index in [-0.39, 0.29) is 5.91 Å². The van der Waals surface area contributed by atoms with E-state index in [1.165, 1.54) is 5.56 Å². The first-order valence-corrected chi connectivity index (χ1v) is 10.6. The molecular weight excluding hydrogens is 398 g/mol. The van der Waals surface area contributed by atoms with Gasteiger partial charge in [-0.25, -0.2) is 4.98 Å². The Morgan fingerprint density at radius 1 is 0.781 bits per heavy atom. The van der Waals surface area contributed by atoms with Crippen LogP contribution in [0.3, 0.4) is 0 Å². The molecule has 1 amide bonds. The van der Waals surface area contributed by atoms with Gasteiger partial charge >= 0.3 is 0 Å². The van der Waals surface area contributed by atoms with Crippen LogP contribution in [-0.4, -0.2) is 17.4 Å². The van der Waals surface area contributed by atoms with Crippen molar-refractivity contribution in [3.63, 3.8) is 0 Å². The first kappa shape index (κ1) is 21.1. The Bertz CT molecular complexity index is 1110. The summed E-state index contributed by atoms with van der Waals surface area (Å²) >= 11 is 0. The second-order valence-electron chi connectivity index (χ2n) is 7.35. The predicted octanol–water partition coefficient (Wildman–Crippen LogP) is 5.38. The van der Waals surface area contributed by atoms with Crippen molar-refractivity contribution in [3.05, 3.63) is 120 Å². The molecule has 0 bridgehead atoms. The summed E-state index contributed by atoms with van der Waals surface area (Å²) in [7, 11) is 0. The van der Waals surface area contributed by atoms with Gasteiger partial charge in [-0.05, 0) is 53.9 Å². The zero-order valence-corrected chi connectivity index (χ0v) is 17.7. The van der Waals surface area contributed by atoms with Gasteiger partial charge < -0.3 is 15.4 Å². The second kappa shape index (κ2) is 10.8. The molecule has 0 aliphatic rings. The monoisotopic (exact) mass is 423 g/mol. The summed E-state index contributed by atoms with van der Waals surface area (Å²) in [4.78, 5) is 16.7. The molecular formula is C27H25N3O2. The molecule has 5 nitrogen and oxygen atoms in total. The highest BCUT2D eigenvalue weighted by Crippen LogP contribution is 2.20. The fourth-order valence-corrected chi connectivity index (χ4v) is 3.19. The van der Waals surface area contributed by atoms with E-state index < -0.39 is 0 Å². The zero-order valence-electron chi connectivity index (χ0n) is 17.7. The minimum atomic E-state index is -0.125. The van der Waals surface area contributed by atoms with Crippen LogP contribution in [0.4, 0.5) is 11.5 Å². The molecule has 2 N–H and O–H groups in total. The number of hydrogen-bond donors (Lipinski definition) is 2. The Morgan fingerprint density at radius 2 is 1.47 bits per heavy atom. The van der Waals surface area contributed by atoms with Gasteiger partial charge in [0.1, 0.15) is 18.2 Å². The van der Waals surface area contributed by atoms with Crippen molar-refractivity contribution >= 4 is 17.4 Å². The van der Waals surface area contributed by atoms with Crippen LogP contribution in [0.15, 0.2) is 103 Å². The fourth-order valence-electron chi connectivity index (χ4n) is 3.19. The van der Waals surface area contributed by atoms with E-state index in [0.717, 1.165) is 23.4 Å². The molecule has 0 fully saturated rings. The molecule has 0 radical (unpaired) electrons. The molecule has 3 aromatic carbocycles. The molecule has 32 heavy (non-hydrogen) atoms. The van der Waals surface area contributed by atoms with Gasteiger partial charge in [0.05, 0.1) is 5.56 Å². The number of aromatic nitrogens is 1. The van der Waals surface area contributed by atoms with Gasteiger partial charge in [0.2, 0.25) is 0 Å². The fraction of sp³-hybridized carbons (Fsp3) is 0.111. The Balaban J connectivity index is 1.25. The third kappa shape index (κ3) is 6.19. The Kier molecular flexibility index (Phi) is 7.11. The van der Waals surface area contributed by atoms with Crippen LogP contribution >= 0.6 is 0 Å². The lowest BCUT2D eigenvalue weighted by molar-refractivity contribution is 0.0954. The van der Waals surface area contributed by atoms with Crippen molar-refractivity contribution in [2.24, 2.45) is 0 Å². The molecule has 0 aliphatic carbocycles. The number of benzene rings is 3. The Labute approximate surface area is 188 Å². The molecule has 4 rings (SSSR count). The lowest BCUT2D eigenvalue weighted by Gasteiger charge is -2.09. The number of nitrogens with zero attached hydrogens (tertiary/aromatic N) is 1. The minimum Gasteiger partial charge on any atom is -0.489 e. The average Bonchev–Trinajstić information content (AvgIpc) is 2.85. The van der Waals surface area contributed by atoms with Gasteiger partial charge in [-0.1, -0.05) is 60.7 Å². The number of anilines is 2. The third-order valence-corrected chi connectivity index (χ3v) is 4.94. The maximum atomic E-state index is 12.3. The van der Waals surface area contributed by atoms with Gasteiger partial charge in [0.25, 0.3) is 5.91 Å². The van der Waals surface area contributed by atoms with Gasteiger partial charge in [0, 0.05) is 18.4 Å². The molecule has 1 aromatic heterocycles. The van der Waals surface area contributed by atoms with Crippen LogP contribution in [0.2, 0.25) is 0 Å². The van der Waals surface area contributed by atoms with E-state index in [9.17, 15) is 4.79 Å². The van der Waals surface area contributed by atoms with Crippen LogP contribution in [-0.2, 0) is 13.0 Å². The molecule has 0 saturated carbocycles. The second-order valence-corrected chi connectivity index (χ2v) is 7.35. The summed E-state index contributed by atoms with van der Waals surface area (Å²) in [6.45, 7) is 1.12. The van der Waals surface area contributed by atoms with Gasteiger partial charge in [0.15, 0.2) is 0 Å². The largest absolute Gasteiger partial charge is 0.489 e. The standard InChI is InChI=1S/C27H25N3O2/c31-27(28-18-17-21-7-3-1-4-8-21)23-11-16-26(29-19-23)30-24-12-14-25(15-13-24)32-20-22-9-5-2-6-10-22/h1-16,19H,17-18,20H2,(H,28,31)(H,29,30). The molecule has 5 heteroatoms. The molecule has 0 aliphatic heterocycles. The van der Waals surface area contributed by atoms with Crippen LogP contribution < -0.4 is 15.4 Å². The quantitative estimate of drug-likeness (QED) is 0.380. The molecule has 0 atom stereocenters. The van der Waals surface area contributed by atoms with Crippen molar-refractivity contribution in [1.82, 2.24) is 10.3 Å². The van der Waals surface area contributed by atoms with Crippen molar-refractivity contribution in [2.75, 3.05) is 11.9 Å². The highest BCUT2D eigenvalue weighted by Gasteiger charge is 2.06. The first-order chi connectivity index (χ1) is 15.8. The summed E-state index contributed by atoms with van der Waals surface area (Å²) in [5.74, 6) is 1.35. The van der Waals surface area contributed by atoms with E-state index >= 15 is 0 Å². The van der Waals surface area contributed by atoms with E-state index in [1.54, 1.807) is 18.3 Å². The molecule has 160 valence electrons. The summed E-state index contributed by atoms with van der Waals surface area (Å²) in [6, 6.07) is 31.4. The molecule has 0 unspecified atom stereocenters. The maximum Gasteiger partial charge on any atom is 0.252 e. The van der Waals surface area contributed by atoms with E-state index in [0.29, 0.717) is 24.5 Å². The number of carbonyl (C=O) groups is 1. The van der Waals surface area contributed by atoms with Crippen molar-refractivity contribution in [3.8, 4) is 5.75 Å². The number of carbonyl (C=O) groups excluding carboxylic acids is 1. The topological polar surface area (TPSA) is 63.2 Å². The van der Waals surface area contributed by atoms with Crippen LogP contribution in [0.25, 0.3) is 0 Å². The predicted molar refractivity (Wildman–Crippen MR) is 127 cm³/mol. The Morgan fingerprint density at radius 3 is 2.12 bits per heavy atom. The van der Waals surface area contributed by atoms with E-state index in [2.05, 4.69) is 27.8 Å². The Hall–Kier alpha value is -4.12. The third-order valence-electron chi connectivity index (χ3n) is 4.94. The average molecular weight is 424 g/mol. The summed E-state index contributed by atoms with van der Waals surface area (Å²) in [5, 5.41) is 6.17. The van der Waals surface area contributed by atoms with E-state index in [1.807, 2.05) is 72.8 Å². The van der Waals surface area contributed by atoms with Crippen molar-refractivity contribution in [2.45, 2.75) is 13.0 Å². The lowest BCUT2D eigenvalue weighted by atomic mass is 10.1. The van der Waals surface area contributed by atoms with Gasteiger partial charge in [-0.2, -0.15) is 0 Å². The van der Waals surface area contributed by atoms with Crippen molar-refractivity contribution in [1.29, 1.82) is 0 Å².